The molecule has 0 radical (unpaired) electrons. The molecule has 0 aliphatic rings. The van der Waals surface area contributed by atoms with Crippen LogP contribution >= 0.6 is 0 Å². The van der Waals surface area contributed by atoms with Crippen LogP contribution in [0.2, 0.25) is 0 Å². The Morgan fingerprint density at radius 1 is 0.500 bits per heavy atom. The van der Waals surface area contributed by atoms with Gasteiger partial charge in [-0.15, -0.1) is 0 Å². The first kappa shape index (κ1) is 29.3. The minimum Gasteiger partial charge on any atom is -0.465 e. The van der Waals surface area contributed by atoms with Gasteiger partial charge in [-0.25, -0.2) is 38.9 Å². The first-order valence-electron chi connectivity index (χ1n) is 11.8. The number of rotatable bonds is 6. The highest BCUT2D eigenvalue weighted by atomic mass is 16.6. The van der Waals surface area contributed by atoms with Crippen molar-refractivity contribution in [3.8, 4) is 5.88 Å². The maximum Gasteiger partial charge on any atom is 0.362 e. The Morgan fingerprint density at radius 3 is 1.38 bits per heavy atom. The molecular weight excluding hydrogens is 558 g/mol. The molecule has 0 bridgehead atoms. The monoisotopic (exact) mass is 579 g/mol. The van der Waals surface area contributed by atoms with Crippen LogP contribution in [0.4, 0.5) is 0 Å². The van der Waals surface area contributed by atoms with Gasteiger partial charge in [0, 0.05) is 17.7 Å². The average Bonchev–Trinajstić information content (AvgIpc) is 3.00. The van der Waals surface area contributed by atoms with Crippen molar-refractivity contribution in [3.05, 3.63) is 46.3 Å². The molecule has 0 aliphatic carbocycles. The van der Waals surface area contributed by atoms with Crippen LogP contribution in [0.15, 0.2) is 18.2 Å². The second kappa shape index (κ2) is 11.4. The van der Waals surface area contributed by atoms with E-state index < -0.39 is 53.1 Å². The Bertz CT molecular complexity index is 1810. The van der Waals surface area contributed by atoms with Gasteiger partial charge in [-0.05, 0) is 23.6 Å². The average molecular weight is 579 g/mol. The van der Waals surface area contributed by atoms with Gasteiger partial charge in [-0.1, -0.05) is 0 Å². The number of aromatic nitrogens is 3. The van der Waals surface area contributed by atoms with Gasteiger partial charge in [0.25, 0.3) is 5.88 Å². The SMILES string of the molecule is COC(=O)c1cc2c3cc(C(=O)OC)c(C(=O)OC)nc3c3nc(OC(C)=O)c(C(=O)OC)nc3c2cc1C(=O)OC. The van der Waals surface area contributed by atoms with Crippen molar-refractivity contribution < 1.29 is 57.2 Å². The molecule has 0 fully saturated rings. The summed E-state index contributed by atoms with van der Waals surface area (Å²) in [4.78, 5) is 88.2. The number of pyridine rings is 1. The lowest BCUT2D eigenvalue weighted by atomic mass is 9.95. The van der Waals surface area contributed by atoms with E-state index in [1.165, 1.54) is 18.2 Å². The molecule has 216 valence electrons. The molecule has 0 spiro atoms. The number of hydrogen-bond acceptors (Lipinski definition) is 15. The molecule has 0 N–H and O–H groups in total. The predicted molar refractivity (Wildman–Crippen MR) is 140 cm³/mol. The lowest BCUT2D eigenvalue weighted by Crippen LogP contribution is -2.16. The van der Waals surface area contributed by atoms with E-state index in [0.717, 1.165) is 42.5 Å². The number of methoxy groups -OCH3 is 5. The molecule has 0 saturated heterocycles. The second-order valence-electron chi connectivity index (χ2n) is 8.35. The van der Waals surface area contributed by atoms with Crippen molar-refractivity contribution in [3.63, 3.8) is 0 Å². The topological polar surface area (TPSA) is 196 Å². The van der Waals surface area contributed by atoms with Gasteiger partial charge in [0.15, 0.2) is 5.69 Å². The number of esters is 6. The zero-order chi connectivity index (χ0) is 30.9. The zero-order valence-corrected chi connectivity index (χ0v) is 23.0. The van der Waals surface area contributed by atoms with Gasteiger partial charge in [0.2, 0.25) is 5.69 Å². The van der Waals surface area contributed by atoms with Crippen molar-refractivity contribution in [1.29, 1.82) is 0 Å². The van der Waals surface area contributed by atoms with Gasteiger partial charge >= 0.3 is 35.8 Å². The van der Waals surface area contributed by atoms with Crippen LogP contribution in [0.3, 0.4) is 0 Å². The lowest BCUT2D eigenvalue weighted by molar-refractivity contribution is -0.132. The molecule has 42 heavy (non-hydrogen) atoms. The van der Waals surface area contributed by atoms with E-state index in [1.54, 1.807) is 0 Å². The van der Waals surface area contributed by atoms with Crippen molar-refractivity contribution in [2.24, 2.45) is 0 Å². The van der Waals surface area contributed by atoms with Crippen LogP contribution in [-0.4, -0.2) is 86.3 Å². The third kappa shape index (κ3) is 4.87. The Labute approximate surface area is 235 Å². The molecule has 0 amide bonds. The van der Waals surface area contributed by atoms with Gasteiger partial charge in [-0.2, -0.15) is 0 Å². The Balaban J connectivity index is 2.37. The second-order valence-corrected chi connectivity index (χ2v) is 8.35. The van der Waals surface area contributed by atoms with Gasteiger partial charge in [-0.3, -0.25) is 4.79 Å². The van der Waals surface area contributed by atoms with Crippen LogP contribution < -0.4 is 4.74 Å². The normalized spacial score (nSPS) is 10.7. The number of carbonyl (C=O) groups is 6. The Kier molecular flexibility index (Phi) is 7.94. The molecular formula is C27H21N3O12. The first-order valence-corrected chi connectivity index (χ1v) is 11.8. The number of ether oxygens (including phenoxy) is 6. The lowest BCUT2D eigenvalue weighted by Gasteiger charge is -2.16. The number of carbonyl (C=O) groups excluding carboxylic acids is 6. The highest BCUT2D eigenvalue weighted by Gasteiger charge is 2.29. The van der Waals surface area contributed by atoms with Crippen LogP contribution in [0, 0.1) is 0 Å². The van der Waals surface area contributed by atoms with Crippen LogP contribution in [-0.2, 0) is 28.5 Å². The molecule has 0 aliphatic heterocycles. The summed E-state index contributed by atoms with van der Waals surface area (Å²) in [5.74, 6) is -6.14. The van der Waals surface area contributed by atoms with Crippen molar-refractivity contribution >= 4 is 68.5 Å². The molecule has 0 saturated carbocycles. The van der Waals surface area contributed by atoms with Crippen molar-refractivity contribution in [1.82, 2.24) is 15.0 Å². The van der Waals surface area contributed by atoms with E-state index in [9.17, 15) is 28.8 Å². The Morgan fingerprint density at radius 2 is 0.905 bits per heavy atom. The van der Waals surface area contributed by atoms with E-state index in [1.807, 2.05) is 0 Å². The number of hydrogen-bond donors (Lipinski definition) is 0. The summed E-state index contributed by atoms with van der Waals surface area (Å²) in [7, 11) is 5.45. The van der Waals surface area contributed by atoms with Crippen LogP contribution in [0.5, 0.6) is 5.88 Å². The van der Waals surface area contributed by atoms with E-state index in [0.29, 0.717) is 0 Å². The highest BCUT2D eigenvalue weighted by molar-refractivity contribution is 6.25. The molecule has 15 nitrogen and oxygen atoms in total. The minimum atomic E-state index is -1.02. The summed E-state index contributed by atoms with van der Waals surface area (Å²) in [6.45, 7) is 1.07. The molecule has 15 heteroatoms. The standard InChI is InChI=1S/C27H21N3O12/c1-10(31)42-22-21(27(36)41-6)29-18-12-8-15(24(33)38-3)14(23(32)37-2)7-11(12)13-9-16(25(34)39-4)19(26(35)40-5)28-17(13)20(18)30-22/h7-9H,1-6H3. The maximum absolute atomic E-state index is 12.7. The van der Waals surface area contributed by atoms with Crippen LogP contribution in [0.25, 0.3) is 32.7 Å². The number of nitrogens with zero attached hydrogens (tertiary/aromatic N) is 3. The summed E-state index contributed by atoms with van der Waals surface area (Å²) in [5, 5.41) is 0.423. The van der Waals surface area contributed by atoms with Crippen LogP contribution in [0.1, 0.15) is 59.0 Å². The highest BCUT2D eigenvalue weighted by Crippen LogP contribution is 2.37. The van der Waals surface area contributed by atoms with Gasteiger partial charge < -0.3 is 28.4 Å². The van der Waals surface area contributed by atoms with E-state index >= 15 is 0 Å². The smallest absolute Gasteiger partial charge is 0.362 e. The maximum atomic E-state index is 12.7. The molecule has 2 heterocycles. The largest absolute Gasteiger partial charge is 0.465 e. The third-order valence-corrected chi connectivity index (χ3v) is 6.03. The number of fused-ring (bicyclic) bond motifs is 6. The fourth-order valence-electron chi connectivity index (χ4n) is 4.20. The fraction of sp³-hybridized carbons (Fsp3) is 0.222. The quantitative estimate of drug-likeness (QED) is 0.183. The molecule has 4 rings (SSSR count). The molecule has 0 atom stereocenters. The predicted octanol–water partition coefficient (Wildman–Crippen LogP) is 2.19. The summed E-state index contributed by atoms with van der Waals surface area (Å²) < 4.78 is 29.2. The Hall–Kier alpha value is -5.73. The molecule has 2 aromatic heterocycles. The molecule has 0 unspecified atom stereocenters. The number of benzene rings is 2. The van der Waals surface area contributed by atoms with Crippen molar-refractivity contribution in [2.75, 3.05) is 35.5 Å². The van der Waals surface area contributed by atoms with E-state index in [2.05, 4.69) is 15.0 Å². The zero-order valence-electron chi connectivity index (χ0n) is 23.0. The third-order valence-electron chi connectivity index (χ3n) is 6.03. The summed E-state index contributed by atoms with van der Waals surface area (Å²) >= 11 is 0. The summed E-state index contributed by atoms with van der Waals surface area (Å²) in [6, 6.07) is 3.78. The fourth-order valence-corrected chi connectivity index (χ4v) is 4.20. The van der Waals surface area contributed by atoms with Gasteiger partial charge in [0.05, 0.1) is 57.8 Å². The summed E-state index contributed by atoms with van der Waals surface area (Å²) in [5.41, 5.74) is -1.98. The molecule has 2 aromatic carbocycles. The van der Waals surface area contributed by atoms with E-state index in [-0.39, 0.29) is 49.4 Å². The van der Waals surface area contributed by atoms with Gasteiger partial charge in [0.1, 0.15) is 11.0 Å². The van der Waals surface area contributed by atoms with Crippen molar-refractivity contribution in [2.45, 2.75) is 6.92 Å². The first-order chi connectivity index (χ1) is 20.0. The molecule has 4 aromatic rings. The van der Waals surface area contributed by atoms with E-state index in [4.69, 9.17) is 28.4 Å². The minimum absolute atomic E-state index is 0.0792. The summed E-state index contributed by atoms with van der Waals surface area (Å²) in [6.07, 6.45) is 0.